The molecule has 3 saturated heterocycles. The van der Waals surface area contributed by atoms with E-state index in [9.17, 15) is 9.90 Å². The normalized spacial score (nSPS) is 36.2. The van der Waals surface area contributed by atoms with Gasteiger partial charge in [-0.2, -0.15) is 0 Å². The van der Waals surface area contributed by atoms with E-state index in [1.54, 1.807) is 0 Å². The third-order valence-corrected chi connectivity index (χ3v) is 6.45. The summed E-state index contributed by atoms with van der Waals surface area (Å²) in [5, 5.41) is 9.73. The molecule has 0 radical (unpaired) electrons. The molecule has 0 aromatic heterocycles. The Balaban J connectivity index is 1.30. The Kier molecular flexibility index (Phi) is 3.55. The second-order valence-electron chi connectivity index (χ2n) is 7.74. The molecule has 1 aromatic carbocycles. The molecule has 5 rings (SSSR count). The number of nitrogens with zero attached hydrogens (tertiary/aromatic N) is 2. The van der Waals surface area contributed by atoms with Crippen LogP contribution in [0.1, 0.15) is 12.8 Å². The average Bonchev–Trinajstić information content (AvgIpc) is 3.28. The van der Waals surface area contributed by atoms with Crippen LogP contribution in [0.5, 0.6) is 5.75 Å². The van der Waals surface area contributed by atoms with Crippen molar-refractivity contribution in [3.05, 3.63) is 24.3 Å². The summed E-state index contributed by atoms with van der Waals surface area (Å²) in [6.45, 7) is 3.37. The lowest BCUT2D eigenvalue weighted by Gasteiger charge is -2.31. The summed E-state index contributed by atoms with van der Waals surface area (Å²) in [7, 11) is 0. The fourth-order valence-corrected chi connectivity index (χ4v) is 5.36. The van der Waals surface area contributed by atoms with Crippen molar-refractivity contribution in [2.24, 2.45) is 11.8 Å². The molecule has 6 nitrogen and oxygen atoms in total. The molecule has 3 fully saturated rings. The lowest BCUT2D eigenvalue weighted by Crippen LogP contribution is -2.44. The maximum absolute atomic E-state index is 12.9. The highest BCUT2D eigenvalue weighted by atomic mass is 16.5. The minimum atomic E-state index is -0.124. The molecule has 25 heavy (non-hydrogen) atoms. The Morgan fingerprint density at radius 3 is 3.12 bits per heavy atom. The maximum Gasteiger partial charge on any atom is 0.241 e. The van der Waals surface area contributed by atoms with Crippen molar-refractivity contribution in [3.8, 4) is 5.75 Å². The van der Waals surface area contributed by atoms with E-state index in [0.29, 0.717) is 25.6 Å². The molecule has 4 aliphatic heterocycles. The zero-order chi connectivity index (χ0) is 17.0. The number of fused-ring (bicyclic) bond motifs is 2. The fraction of sp³-hybridized carbons (Fsp3) is 0.632. The number of anilines is 1. The molecule has 4 heterocycles. The van der Waals surface area contributed by atoms with Gasteiger partial charge < -0.3 is 19.5 Å². The van der Waals surface area contributed by atoms with E-state index in [0.717, 1.165) is 37.4 Å². The number of aliphatic hydroxyl groups is 1. The van der Waals surface area contributed by atoms with Crippen LogP contribution >= 0.6 is 0 Å². The monoisotopic (exact) mass is 344 g/mol. The minimum absolute atomic E-state index is 0.113. The van der Waals surface area contributed by atoms with Gasteiger partial charge in [-0.1, -0.05) is 12.1 Å². The van der Waals surface area contributed by atoms with Crippen molar-refractivity contribution in [3.63, 3.8) is 0 Å². The van der Waals surface area contributed by atoms with Crippen molar-refractivity contribution in [2.75, 3.05) is 44.3 Å². The Morgan fingerprint density at radius 2 is 2.24 bits per heavy atom. The quantitative estimate of drug-likeness (QED) is 0.882. The van der Waals surface area contributed by atoms with E-state index in [1.165, 1.54) is 0 Å². The Bertz CT molecular complexity index is 696. The third-order valence-electron chi connectivity index (χ3n) is 6.45. The molecule has 1 amide bonds. The molecule has 2 bridgehead atoms. The van der Waals surface area contributed by atoms with E-state index in [2.05, 4.69) is 4.90 Å². The zero-order valence-electron chi connectivity index (χ0n) is 14.3. The summed E-state index contributed by atoms with van der Waals surface area (Å²) in [6.07, 6.45) is 2.32. The van der Waals surface area contributed by atoms with Gasteiger partial charge in [-0.3, -0.25) is 9.69 Å². The summed E-state index contributed by atoms with van der Waals surface area (Å²) < 4.78 is 11.9. The number of carbonyl (C=O) groups is 1. The highest BCUT2D eigenvalue weighted by Crippen LogP contribution is 2.54. The molecule has 1 spiro atoms. The Hall–Kier alpha value is -1.63. The van der Waals surface area contributed by atoms with Gasteiger partial charge in [0.05, 0.1) is 30.5 Å². The fourth-order valence-electron chi connectivity index (χ4n) is 5.36. The summed E-state index contributed by atoms with van der Waals surface area (Å²) in [4.78, 5) is 17.0. The lowest BCUT2D eigenvalue weighted by atomic mass is 9.74. The number of hydrogen-bond donors (Lipinski definition) is 1. The summed E-state index contributed by atoms with van der Waals surface area (Å²) in [5.74, 6) is 1.49. The van der Waals surface area contributed by atoms with Crippen LogP contribution in [0.3, 0.4) is 0 Å². The number of aliphatic hydroxyl groups excluding tert-OH is 1. The van der Waals surface area contributed by atoms with Gasteiger partial charge in [0.25, 0.3) is 0 Å². The predicted octanol–water partition coefficient (Wildman–Crippen LogP) is 0.884. The molecule has 134 valence electrons. The number of carbonyl (C=O) groups excluding carboxylic acids is 1. The van der Waals surface area contributed by atoms with Gasteiger partial charge in [0.1, 0.15) is 12.4 Å². The highest BCUT2D eigenvalue weighted by molar-refractivity contribution is 5.96. The van der Waals surface area contributed by atoms with Crippen molar-refractivity contribution < 1.29 is 19.4 Å². The first-order valence-electron chi connectivity index (χ1n) is 9.23. The molecule has 0 saturated carbocycles. The SMILES string of the molecule is O=C(CN1C[C@@H]2[C@H](CO)[C@H]3CC[C@]2(C1)O3)N1CCOc2ccccc21. The van der Waals surface area contributed by atoms with Gasteiger partial charge in [-0.15, -0.1) is 0 Å². The first-order chi connectivity index (χ1) is 12.2. The summed E-state index contributed by atoms with van der Waals surface area (Å²) in [6, 6.07) is 7.71. The number of rotatable bonds is 3. The smallest absolute Gasteiger partial charge is 0.241 e. The van der Waals surface area contributed by atoms with E-state index < -0.39 is 0 Å². The van der Waals surface area contributed by atoms with E-state index in [4.69, 9.17) is 9.47 Å². The largest absolute Gasteiger partial charge is 0.490 e. The van der Waals surface area contributed by atoms with Gasteiger partial charge in [0.15, 0.2) is 0 Å². The standard InChI is InChI=1S/C19H24N2O4/c22-11-13-14-9-20(12-19(14)6-5-16(13)25-19)10-18(23)21-7-8-24-17-4-2-1-3-15(17)21/h1-4,13-14,16,22H,5-12H2/t13-,14+,16+,19+/m0/s1. The van der Waals surface area contributed by atoms with Crippen LogP contribution in [-0.2, 0) is 9.53 Å². The van der Waals surface area contributed by atoms with Gasteiger partial charge in [-0.05, 0) is 25.0 Å². The molecule has 4 atom stereocenters. The molecule has 1 N–H and O–H groups in total. The van der Waals surface area contributed by atoms with E-state index >= 15 is 0 Å². The first kappa shape index (κ1) is 15.6. The number of likely N-dealkylation sites (tertiary alicyclic amines) is 1. The topological polar surface area (TPSA) is 62.2 Å². The minimum Gasteiger partial charge on any atom is -0.490 e. The number of hydrogen-bond acceptors (Lipinski definition) is 5. The van der Waals surface area contributed by atoms with Crippen LogP contribution in [-0.4, -0.2) is 67.0 Å². The van der Waals surface area contributed by atoms with Crippen molar-refractivity contribution in [1.82, 2.24) is 4.90 Å². The number of benzene rings is 1. The molecule has 0 unspecified atom stereocenters. The number of ether oxygens (including phenoxy) is 2. The number of amides is 1. The Morgan fingerprint density at radius 1 is 1.36 bits per heavy atom. The average molecular weight is 344 g/mol. The van der Waals surface area contributed by atoms with Crippen molar-refractivity contribution in [2.45, 2.75) is 24.5 Å². The summed E-state index contributed by atoms with van der Waals surface area (Å²) >= 11 is 0. The second kappa shape index (κ2) is 5.69. The van der Waals surface area contributed by atoms with Crippen LogP contribution in [0.15, 0.2) is 24.3 Å². The predicted molar refractivity (Wildman–Crippen MR) is 91.6 cm³/mol. The van der Waals surface area contributed by atoms with Gasteiger partial charge in [0.2, 0.25) is 5.91 Å². The van der Waals surface area contributed by atoms with Crippen molar-refractivity contribution in [1.29, 1.82) is 0 Å². The van der Waals surface area contributed by atoms with E-state index in [-0.39, 0.29) is 30.1 Å². The zero-order valence-corrected chi connectivity index (χ0v) is 14.3. The lowest BCUT2D eigenvalue weighted by molar-refractivity contribution is -0.120. The molecule has 4 aliphatic rings. The van der Waals surface area contributed by atoms with Gasteiger partial charge in [-0.25, -0.2) is 0 Å². The number of para-hydroxylation sites is 2. The van der Waals surface area contributed by atoms with Crippen LogP contribution in [0, 0.1) is 11.8 Å². The van der Waals surface area contributed by atoms with Crippen LogP contribution in [0.4, 0.5) is 5.69 Å². The van der Waals surface area contributed by atoms with Crippen LogP contribution in [0.2, 0.25) is 0 Å². The molecule has 1 aromatic rings. The first-order valence-corrected chi connectivity index (χ1v) is 9.23. The second-order valence-corrected chi connectivity index (χ2v) is 7.74. The third kappa shape index (κ3) is 2.31. The maximum atomic E-state index is 12.9. The molecule has 6 heteroatoms. The van der Waals surface area contributed by atoms with Gasteiger partial charge in [0, 0.05) is 31.5 Å². The Labute approximate surface area is 147 Å². The van der Waals surface area contributed by atoms with E-state index in [1.807, 2.05) is 29.2 Å². The van der Waals surface area contributed by atoms with Crippen molar-refractivity contribution >= 4 is 11.6 Å². The van der Waals surface area contributed by atoms with Gasteiger partial charge >= 0.3 is 0 Å². The highest BCUT2D eigenvalue weighted by Gasteiger charge is 2.62. The molecular weight excluding hydrogens is 320 g/mol. The summed E-state index contributed by atoms with van der Waals surface area (Å²) in [5.41, 5.74) is 0.739. The van der Waals surface area contributed by atoms with Crippen LogP contribution in [0.25, 0.3) is 0 Å². The molecular formula is C19H24N2O4. The molecule has 0 aliphatic carbocycles. The van der Waals surface area contributed by atoms with Crippen LogP contribution < -0.4 is 9.64 Å².